The molecular formula is C23H23ClN2O4S. The molecule has 0 spiro atoms. The average molecular weight is 459 g/mol. The number of benzene rings is 3. The zero-order valence-electron chi connectivity index (χ0n) is 17.3. The molecule has 0 saturated carbocycles. The fourth-order valence-corrected chi connectivity index (χ4v) is 4.73. The summed E-state index contributed by atoms with van der Waals surface area (Å²) in [6.07, 6.45) is 0. The fraction of sp³-hybridized carbons (Fsp3) is 0.174. The number of nitrogens with one attached hydrogen (secondary N) is 2. The number of anilines is 1. The van der Waals surface area contributed by atoms with E-state index in [1.54, 1.807) is 25.3 Å². The smallest absolute Gasteiger partial charge is 0.263 e. The summed E-state index contributed by atoms with van der Waals surface area (Å²) < 4.78 is 33.6. The van der Waals surface area contributed by atoms with Crippen molar-refractivity contribution in [1.29, 1.82) is 0 Å². The van der Waals surface area contributed by atoms with E-state index in [4.69, 9.17) is 16.3 Å². The lowest BCUT2D eigenvalue weighted by Gasteiger charge is -2.18. The third kappa shape index (κ3) is 5.37. The summed E-state index contributed by atoms with van der Waals surface area (Å²) in [5, 5.41) is 2.89. The lowest BCUT2D eigenvalue weighted by atomic mass is 10.1. The first-order chi connectivity index (χ1) is 14.7. The van der Waals surface area contributed by atoms with E-state index in [9.17, 15) is 13.2 Å². The van der Waals surface area contributed by atoms with E-state index < -0.39 is 15.9 Å². The third-order valence-electron chi connectivity index (χ3n) is 4.71. The van der Waals surface area contributed by atoms with Gasteiger partial charge in [-0.15, -0.1) is 0 Å². The summed E-state index contributed by atoms with van der Waals surface area (Å²) in [4.78, 5) is 12.6. The highest BCUT2D eigenvalue weighted by Crippen LogP contribution is 2.27. The number of rotatable bonds is 7. The quantitative estimate of drug-likeness (QED) is 0.524. The van der Waals surface area contributed by atoms with E-state index in [2.05, 4.69) is 10.0 Å². The number of aryl methyl sites for hydroxylation is 1. The van der Waals surface area contributed by atoms with Gasteiger partial charge in [0.25, 0.3) is 15.9 Å². The first-order valence-corrected chi connectivity index (χ1v) is 11.4. The molecule has 2 N–H and O–H groups in total. The Labute approximate surface area is 187 Å². The Balaban J connectivity index is 1.85. The van der Waals surface area contributed by atoms with Crippen LogP contribution in [-0.4, -0.2) is 21.4 Å². The summed E-state index contributed by atoms with van der Waals surface area (Å²) in [5.41, 5.74) is 2.30. The average Bonchev–Trinajstić information content (AvgIpc) is 2.73. The van der Waals surface area contributed by atoms with Crippen molar-refractivity contribution < 1.29 is 17.9 Å². The number of methoxy groups -OCH3 is 1. The number of hydrogen-bond donors (Lipinski definition) is 2. The summed E-state index contributed by atoms with van der Waals surface area (Å²) in [6.45, 7) is 3.68. The Hall–Kier alpha value is -3.03. The van der Waals surface area contributed by atoms with Crippen LogP contribution in [0.4, 0.5) is 5.69 Å². The Kier molecular flexibility index (Phi) is 6.87. The van der Waals surface area contributed by atoms with Crippen LogP contribution in [0.2, 0.25) is 5.02 Å². The van der Waals surface area contributed by atoms with Crippen LogP contribution in [0.15, 0.2) is 71.6 Å². The molecule has 1 atom stereocenters. The fourth-order valence-electron chi connectivity index (χ4n) is 3.15. The molecule has 0 heterocycles. The van der Waals surface area contributed by atoms with Gasteiger partial charge in [0.05, 0.1) is 18.2 Å². The van der Waals surface area contributed by atoms with Crippen molar-refractivity contribution in [3.8, 4) is 5.75 Å². The standard InChI is InChI=1S/C23H23ClN2O4S/c1-15-7-6-8-18(13-15)26-31(28,29)22-14-17(11-12-20(22)24)23(27)25-16(2)19-9-4-5-10-21(19)30-3/h4-14,16,26H,1-3H3,(H,25,27)/t16-/m0/s1. The summed E-state index contributed by atoms with van der Waals surface area (Å²) in [7, 11) is -2.43. The van der Waals surface area contributed by atoms with Crippen LogP contribution in [0.25, 0.3) is 0 Å². The molecule has 0 saturated heterocycles. The molecule has 8 heteroatoms. The van der Waals surface area contributed by atoms with Gasteiger partial charge >= 0.3 is 0 Å². The van der Waals surface area contributed by atoms with Crippen LogP contribution in [0.3, 0.4) is 0 Å². The number of hydrogen-bond acceptors (Lipinski definition) is 4. The van der Waals surface area contributed by atoms with E-state index in [1.807, 2.05) is 44.2 Å². The monoisotopic (exact) mass is 458 g/mol. The molecule has 3 rings (SSSR count). The molecular weight excluding hydrogens is 436 g/mol. The Bertz CT molecular complexity index is 1210. The van der Waals surface area contributed by atoms with E-state index >= 15 is 0 Å². The van der Waals surface area contributed by atoms with Gasteiger partial charge in [-0.05, 0) is 55.8 Å². The van der Waals surface area contributed by atoms with Crippen LogP contribution in [0.5, 0.6) is 5.75 Å². The second-order valence-corrected chi connectivity index (χ2v) is 9.12. The van der Waals surface area contributed by atoms with E-state index in [-0.39, 0.29) is 21.5 Å². The summed E-state index contributed by atoms with van der Waals surface area (Å²) in [5.74, 6) is 0.221. The molecule has 31 heavy (non-hydrogen) atoms. The highest BCUT2D eigenvalue weighted by atomic mass is 35.5. The number of carbonyl (C=O) groups is 1. The maximum Gasteiger partial charge on any atom is 0.263 e. The largest absolute Gasteiger partial charge is 0.496 e. The zero-order chi connectivity index (χ0) is 22.6. The van der Waals surface area contributed by atoms with Crippen LogP contribution < -0.4 is 14.8 Å². The number of amides is 1. The van der Waals surface area contributed by atoms with E-state index in [0.29, 0.717) is 11.4 Å². The minimum Gasteiger partial charge on any atom is -0.496 e. The van der Waals surface area contributed by atoms with Crippen molar-refractivity contribution >= 4 is 33.2 Å². The van der Waals surface area contributed by atoms with Crippen molar-refractivity contribution in [2.45, 2.75) is 24.8 Å². The maximum atomic E-state index is 12.9. The number of sulfonamides is 1. The minimum atomic E-state index is -3.99. The lowest BCUT2D eigenvalue weighted by molar-refractivity contribution is 0.0939. The van der Waals surface area contributed by atoms with Gasteiger partial charge in [0.1, 0.15) is 10.6 Å². The van der Waals surface area contributed by atoms with Crippen molar-refractivity contribution in [2.75, 3.05) is 11.8 Å². The van der Waals surface area contributed by atoms with E-state index in [1.165, 1.54) is 18.2 Å². The Morgan fingerprint density at radius 2 is 1.77 bits per heavy atom. The molecule has 3 aromatic rings. The first kappa shape index (κ1) is 22.7. The van der Waals surface area contributed by atoms with E-state index in [0.717, 1.165) is 11.1 Å². The molecule has 0 aromatic heterocycles. The molecule has 0 aliphatic carbocycles. The van der Waals surface area contributed by atoms with Crippen LogP contribution in [0, 0.1) is 6.92 Å². The van der Waals surface area contributed by atoms with Crippen LogP contribution >= 0.6 is 11.6 Å². The van der Waals surface area contributed by atoms with Gasteiger partial charge in [-0.25, -0.2) is 8.42 Å². The van der Waals surface area contributed by atoms with Gasteiger partial charge in [0.15, 0.2) is 0 Å². The first-order valence-electron chi connectivity index (χ1n) is 9.54. The van der Waals surface area contributed by atoms with Crippen molar-refractivity contribution in [2.24, 2.45) is 0 Å². The molecule has 0 aliphatic heterocycles. The molecule has 1 amide bonds. The topological polar surface area (TPSA) is 84.5 Å². The van der Waals surface area contributed by atoms with Gasteiger partial charge < -0.3 is 10.1 Å². The van der Waals surface area contributed by atoms with Crippen LogP contribution in [-0.2, 0) is 10.0 Å². The lowest BCUT2D eigenvalue weighted by Crippen LogP contribution is -2.27. The predicted molar refractivity (Wildman–Crippen MR) is 122 cm³/mol. The molecule has 0 unspecified atom stereocenters. The molecule has 162 valence electrons. The summed E-state index contributed by atoms with van der Waals surface area (Å²) >= 11 is 6.16. The molecule has 6 nitrogen and oxygen atoms in total. The maximum absolute atomic E-state index is 12.9. The second kappa shape index (κ2) is 9.41. The van der Waals surface area contributed by atoms with Crippen molar-refractivity contribution in [3.05, 3.63) is 88.4 Å². The number of carbonyl (C=O) groups excluding carboxylic acids is 1. The molecule has 0 bridgehead atoms. The number of halogens is 1. The molecule has 0 fully saturated rings. The van der Waals surface area contributed by atoms with Gasteiger partial charge in [0.2, 0.25) is 0 Å². The SMILES string of the molecule is COc1ccccc1[C@H](C)NC(=O)c1ccc(Cl)c(S(=O)(=O)Nc2cccc(C)c2)c1. The number of ether oxygens (including phenoxy) is 1. The predicted octanol–water partition coefficient (Wildman–Crippen LogP) is 4.95. The second-order valence-electron chi connectivity index (χ2n) is 7.06. The van der Waals surface area contributed by atoms with Gasteiger partial charge in [0, 0.05) is 16.8 Å². The molecule has 3 aromatic carbocycles. The molecule has 0 radical (unpaired) electrons. The summed E-state index contributed by atoms with van der Waals surface area (Å²) in [6, 6.07) is 18.1. The van der Waals surface area contributed by atoms with Gasteiger partial charge in [-0.1, -0.05) is 41.9 Å². The van der Waals surface area contributed by atoms with Gasteiger partial charge in [-0.2, -0.15) is 0 Å². The molecule has 0 aliphatic rings. The third-order valence-corrected chi connectivity index (χ3v) is 6.57. The van der Waals surface area contributed by atoms with Crippen LogP contribution in [0.1, 0.15) is 34.5 Å². The highest BCUT2D eigenvalue weighted by Gasteiger charge is 2.22. The zero-order valence-corrected chi connectivity index (χ0v) is 18.9. The van der Waals surface area contributed by atoms with Gasteiger partial charge in [-0.3, -0.25) is 9.52 Å². The minimum absolute atomic E-state index is 0.0227. The van der Waals surface area contributed by atoms with Crippen molar-refractivity contribution in [1.82, 2.24) is 5.32 Å². The van der Waals surface area contributed by atoms with Crippen molar-refractivity contribution in [3.63, 3.8) is 0 Å². The Morgan fingerprint density at radius 3 is 2.48 bits per heavy atom. The number of para-hydroxylation sites is 1. The normalized spacial score (nSPS) is 12.1. The Morgan fingerprint density at radius 1 is 1.03 bits per heavy atom. The highest BCUT2D eigenvalue weighted by molar-refractivity contribution is 7.92.